The molecule has 0 spiro atoms. The van der Waals surface area contributed by atoms with E-state index in [1.54, 1.807) is 6.20 Å². The van der Waals surface area contributed by atoms with E-state index in [1.165, 1.54) is 12.1 Å². The van der Waals surface area contributed by atoms with Gasteiger partial charge in [0.1, 0.15) is 0 Å². The third kappa shape index (κ3) is 2.60. The fourth-order valence-corrected chi connectivity index (χ4v) is 2.56. The first-order valence-corrected chi connectivity index (χ1v) is 6.86. The highest BCUT2D eigenvalue weighted by molar-refractivity contribution is 6.35. The van der Waals surface area contributed by atoms with Crippen molar-refractivity contribution in [2.75, 3.05) is 11.1 Å². The first-order valence-electron chi connectivity index (χ1n) is 6.11. The molecule has 1 aromatic heterocycles. The van der Waals surface area contributed by atoms with Crippen LogP contribution in [0.3, 0.4) is 0 Å². The number of hydrogen-bond donors (Lipinski definition) is 2. The Morgan fingerprint density at radius 1 is 1.10 bits per heavy atom. The maximum absolute atomic E-state index is 13.5. The Morgan fingerprint density at radius 2 is 1.76 bits per heavy atom. The van der Waals surface area contributed by atoms with Gasteiger partial charge >= 0.3 is 0 Å². The number of halogens is 3. The number of pyridine rings is 1. The van der Waals surface area contributed by atoms with E-state index in [1.807, 2.05) is 24.3 Å². The van der Waals surface area contributed by atoms with Gasteiger partial charge in [-0.25, -0.2) is 4.39 Å². The van der Waals surface area contributed by atoms with Crippen molar-refractivity contribution in [3.63, 3.8) is 0 Å². The molecule has 0 saturated carbocycles. The van der Waals surface area contributed by atoms with Crippen LogP contribution in [0, 0.1) is 5.82 Å². The van der Waals surface area contributed by atoms with Gasteiger partial charge in [0, 0.05) is 11.1 Å². The number of nitrogens with zero attached hydrogens (tertiary/aromatic N) is 1. The molecule has 106 valence electrons. The van der Waals surface area contributed by atoms with Gasteiger partial charge in [-0.3, -0.25) is 4.98 Å². The second kappa shape index (κ2) is 5.39. The van der Waals surface area contributed by atoms with E-state index in [4.69, 9.17) is 28.9 Å². The van der Waals surface area contributed by atoms with Crippen molar-refractivity contribution in [2.45, 2.75) is 0 Å². The molecule has 0 radical (unpaired) electrons. The van der Waals surface area contributed by atoms with Crippen LogP contribution in [0.15, 0.2) is 42.6 Å². The van der Waals surface area contributed by atoms with E-state index in [9.17, 15) is 4.39 Å². The molecule has 0 unspecified atom stereocenters. The van der Waals surface area contributed by atoms with Crippen molar-refractivity contribution < 1.29 is 4.39 Å². The summed E-state index contributed by atoms with van der Waals surface area (Å²) in [6, 6.07) is 10.5. The highest BCUT2D eigenvalue weighted by atomic mass is 35.5. The summed E-state index contributed by atoms with van der Waals surface area (Å²) in [6.07, 6.45) is 1.57. The van der Waals surface area contributed by atoms with Gasteiger partial charge in [-0.1, -0.05) is 41.4 Å². The molecule has 3 aromatic rings. The maximum atomic E-state index is 13.5. The average Bonchev–Trinajstić information content (AvgIpc) is 2.47. The first-order chi connectivity index (χ1) is 10.1. The zero-order chi connectivity index (χ0) is 15.0. The lowest BCUT2D eigenvalue weighted by Crippen LogP contribution is -1.99. The SMILES string of the molecule is Nc1cnc2ccccc2c1Nc1cc(Cl)c(F)c(Cl)c1. The topological polar surface area (TPSA) is 50.9 Å². The zero-order valence-corrected chi connectivity index (χ0v) is 12.2. The molecule has 0 bridgehead atoms. The van der Waals surface area contributed by atoms with Crippen molar-refractivity contribution in [3.8, 4) is 0 Å². The molecule has 0 aliphatic carbocycles. The number of rotatable bonds is 2. The van der Waals surface area contributed by atoms with Crippen LogP contribution in [-0.4, -0.2) is 4.98 Å². The minimum absolute atomic E-state index is 0.0538. The Balaban J connectivity index is 2.12. The number of benzene rings is 2. The molecule has 0 atom stereocenters. The first kappa shape index (κ1) is 13.9. The molecule has 0 amide bonds. The van der Waals surface area contributed by atoms with Gasteiger partial charge in [0.25, 0.3) is 0 Å². The third-order valence-corrected chi connectivity index (χ3v) is 3.61. The van der Waals surface area contributed by atoms with Gasteiger partial charge in [-0.15, -0.1) is 0 Å². The van der Waals surface area contributed by atoms with Crippen LogP contribution in [0.1, 0.15) is 0 Å². The smallest absolute Gasteiger partial charge is 0.160 e. The summed E-state index contributed by atoms with van der Waals surface area (Å²) < 4.78 is 13.5. The Labute approximate surface area is 130 Å². The molecular weight excluding hydrogens is 312 g/mol. The number of nitrogen functional groups attached to an aromatic ring is 1. The molecule has 21 heavy (non-hydrogen) atoms. The lowest BCUT2D eigenvalue weighted by molar-refractivity contribution is 0.629. The molecule has 6 heteroatoms. The Bertz CT molecular complexity index is 813. The monoisotopic (exact) mass is 321 g/mol. The Morgan fingerprint density at radius 3 is 2.48 bits per heavy atom. The molecular formula is C15H10Cl2FN3. The lowest BCUT2D eigenvalue weighted by Gasteiger charge is -2.13. The number of aromatic nitrogens is 1. The number of para-hydroxylation sites is 1. The molecule has 0 aliphatic rings. The average molecular weight is 322 g/mol. The van der Waals surface area contributed by atoms with Crippen LogP contribution in [0.5, 0.6) is 0 Å². The quantitative estimate of drug-likeness (QED) is 0.652. The van der Waals surface area contributed by atoms with E-state index in [0.29, 0.717) is 17.1 Å². The van der Waals surface area contributed by atoms with Crippen LogP contribution >= 0.6 is 23.2 Å². The molecule has 3 N–H and O–H groups in total. The van der Waals surface area contributed by atoms with Gasteiger partial charge in [-0.05, 0) is 18.2 Å². The number of hydrogen-bond acceptors (Lipinski definition) is 3. The van der Waals surface area contributed by atoms with Crippen LogP contribution in [0.4, 0.5) is 21.5 Å². The minimum Gasteiger partial charge on any atom is -0.396 e. The summed E-state index contributed by atoms with van der Waals surface area (Å²) in [6.45, 7) is 0. The lowest BCUT2D eigenvalue weighted by atomic mass is 10.1. The van der Waals surface area contributed by atoms with Gasteiger partial charge in [0.15, 0.2) is 5.82 Å². The molecule has 0 saturated heterocycles. The minimum atomic E-state index is -0.642. The summed E-state index contributed by atoms with van der Waals surface area (Å²) in [5.41, 5.74) is 8.48. The molecule has 3 nitrogen and oxygen atoms in total. The predicted molar refractivity (Wildman–Crippen MR) is 85.9 cm³/mol. The zero-order valence-electron chi connectivity index (χ0n) is 10.7. The predicted octanol–water partition coefficient (Wildman–Crippen LogP) is 5.01. The molecule has 1 heterocycles. The van der Waals surface area contributed by atoms with E-state index < -0.39 is 5.82 Å². The van der Waals surface area contributed by atoms with Crippen molar-refractivity contribution in [3.05, 3.63) is 58.5 Å². The van der Waals surface area contributed by atoms with E-state index in [0.717, 1.165) is 10.9 Å². The number of nitrogens with two attached hydrogens (primary N) is 1. The fourth-order valence-electron chi connectivity index (χ4n) is 2.07. The third-order valence-electron chi connectivity index (χ3n) is 3.06. The van der Waals surface area contributed by atoms with Gasteiger partial charge in [0.05, 0.1) is 33.1 Å². The summed E-state index contributed by atoms with van der Waals surface area (Å²) in [4.78, 5) is 4.26. The van der Waals surface area contributed by atoms with Gasteiger partial charge < -0.3 is 11.1 Å². The highest BCUT2D eigenvalue weighted by Gasteiger charge is 2.11. The van der Waals surface area contributed by atoms with E-state index in [-0.39, 0.29) is 10.0 Å². The highest BCUT2D eigenvalue weighted by Crippen LogP contribution is 2.33. The largest absolute Gasteiger partial charge is 0.396 e. The standard InChI is InChI=1S/C15H10Cl2FN3/c16-10-5-8(6-11(17)14(10)18)21-15-9-3-1-2-4-13(9)20-7-12(15)19/h1-7H,19H2,(H,20,21). The van der Waals surface area contributed by atoms with Crippen LogP contribution in [0.25, 0.3) is 10.9 Å². The molecule has 0 fully saturated rings. The number of nitrogens with one attached hydrogen (secondary N) is 1. The van der Waals surface area contributed by atoms with Crippen LogP contribution in [0.2, 0.25) is 10.0 Å². The summed E-state index contributed by atoms with van der Waals surface area (Å²) in [5.74, 6) is -0.642. The van der Waals surface area contributed by atoms with E-state index >= 15 is 0 Å². The molecule has 2 aromatic carbocycles. The van der Waals surface area contributed by atoms with Crippen molar-refractivity contribution in [1.82, 2.24) is 4.98 Å². The summed E-state index contributed by atoms with van der Waals surface area (Å²) in [7, 11) is 0. The molecule has 3 rings (SSSR count). The second-order valence-corrected chi connectivity index (χ2v) is 5.30. The molecule has 0 aliphatic heterocycles. The Kier molecular flexibility index (Phi) is 3.57. The van der Waals surface area contributed by atoms with E-state index in [2.05, 4.69) is 10.3 Å². The maximum Gasteiger partial charge on any atom is 0.160 e. The van der Waals surface area contributed by atoms with Crippen LogP contribution < -0.4 is 11.1 Å². The van der Waals surface area contributed by atoms with Crippen molar-refractivity contribution in [1.29, 1.82) is 0 Å². The van der Waals surface area contributed by atoms with Crippen molar-refractivity contribution in [2.24, 2.45) is 0 Å². The van der Waals surface area contributed by atoms with Crippen molar-refractivity contribution >= 4 is 51.2 Å². The number of fused-ring (bicyclic) bond motifs is 1. The van der Waals surface area contributed by atoms with Gasteiger partial charge in [-0.2, -0.15) is 0 Å². The fraction of sp³-hybridized carbons (Fsp3) is 0. The summed E-state index contributed by atoms with van der Waals surface area (Å²) in [5, 5.41) is 3.87. The Hall–Kier alpha value is -2.04. The number of anilines is 3. The second-order valence-electron chi connectivity index (χ2n) is 4.48. The normalized spacial score (nSPS) is 10.8. The summed E-state index contributed by atoms with van der Waals surface area (Å²) >= 11 is 11.6. The van der Waals surface area contributed by atoms with Crippen LogP contribution in [-0.2, 0) is 0 Å². The van der Waals surface area contributed by atoms with Gasteiger partial charge in [0.2, 0.25) is 0 Å².